The highest BCUT2D eigenvalue weighted by Crippen LogP contribution is 2.21. The van der Waals surface area contributed by atoms with Gasteiger partial charge in [-0.1, -0.05) is 17.7 Å². The smallest absolute Gasteiger partial charge is 0.238 e. The summed E-state index contributed by atoms with van der Waals surface area (Å²) in [6.45, 7) is 5.73. The Bertz CT molecular complexity index is 825. The van der Waals surface area contributed by atoms with Gasteiger partial charge in [0.25, 0.3) is 0 Å². The molecule has 0 spiro atoms. The maximum Gasteiger partial charge on any atom is 0.238 e. The van der Waals surface area contributed by atoms with Gasteiger partial charge in [0.1, 0.15) is 11.6 Å². The highest BCUT2D eigenvalue weighted by atomic mass is 19.1. The zero-order chi connectivity index (χ0) is 20.1. The molecular formula is C20H23F2N3O2. The molecule has 2 amide bonds. The molecule has 2 rings (SSSR count). The molecule has 144 valence electrons. The second kappa shape index (κ2) is 8.73. The normalized spacial score (nSPS) is 10.8. The van der Waals surface area contributed by atoms with Crippen molar-refractivity contribution in [1.29, 1.82) is 0 Å². The molecule has 0 bridgehead atoms. The predicted molar refractivity (Wildman–Crippen MR) is 102 cm³/mol. The Hall–Kier alpha value is -2.80. The lowest BCUT2D eigenvalue weighted by Gasteiger charge is -2.18. The largest absolute Gasteiger partial charge is 0.325 e. The molecule has 0 saturated carbocycles. The minimum atomic E-state index is -0.776. The topological polar surface area (TPSA) is 61.4 Å². The monoisotopic (exact) mass is 375 g/mol. The van der Waals surface area contributed by atoms with Crippen molar-refractivity contribution in [2.45, 2.75) is 20.8 Å². The first-order chi connectivity index (χ1) is 12.6. The first kappa shape index (κ1) is 20.5. The fourth-order valence-electron chi connectivity index (χ4n) is 2.93. The van der Waals surface area contributed by atoms with Crippen molar-refractivity contribution < 1.29 is 18.4 Å². The second-order valence-electron chi connectivity index (χ2n) is 6.70. The van der Waals surface area contributed by atoms with Crippen LogP contribution >= 0.6 is 0 Å². The molecular weight excluding hydrogens is 352 g/mol. The van der Waals surface area contributed by atoms with Gasteiger partial charge in [-0.25, -0.2) is 8.78 Å². The zero-order valence-electron chi connectivity index (χ0n) is 15.8. The maximum absolute atomic E-state index is 13.2. The molecule has 0 unspecified atom stereocenters. The summed E-state index contributed by atoms with van der Waals surface area (Å²) in [5.74, 6) is -2.28. The van der Waals surface area contributed by atoms with Gasteiger partial charge in [0.15, 0.2) is 0 Å². The average Bonchev–Trinajstić information content (AvgIpc) is 2.49. The number of halogens is 2. The van der Waals surface area contributed by atoms with Crippen molar-refractivity contribution in [3.05, 3.63) is 58.7 Å². The molecule has 2 aromatic carbocycles. The molecule has 0 aliphatic carbocycles. The van der Waals surface area contributed by atoms with Gasteiger partial charge < -0.3 is 10.6 Å². The van der Waals surface area contributed by atoms with Crippen LogP contribution in [0.25, 0.3) is 0 Å². The van der Waals surface area contributed by atoms with Crippen molar-refractivity contribution >= 4 is 23.2 Å². The Kier molecular flexibility index (Phi) is 6.63. The van der Waals surface area contributed by atoms with E-state index >= 15 is 0 Å². The van der Waals surface area contributed by atoms with Gasteiger partial charge in [-0.2, -0.15) is 0 Å². The van der Waals surface area contributed by atoms with Crippen LogP contribution in [0.1, 0.15) is 16.7 Å². The number of carbonyl (C=O) groups excluding carboxylic acids is 2. The van der Waals surface area contributed by atoms with Crippen molar-refractivity contribution in [3.8, 4) is 0 Å². The summed E-state index contributed by atoms with van der Waals surface area (Å²) in [4.78, 5) is 25.8. The lowest BCUT2D eigenvalue weighted by atomic mass is 10.1. The number of aryl methyl sites for hydroxylation is 3. The minimum Gasteiger partial charge on any atom is -0.325 e. The van der Waals surface area contributed by atoms with E-state index in [0.717, 1.165) is 40.6 Å². The second-order valence-corrected chi connectivity index (χ2v) is 6.70. The van der Waals surface area contributed by atoms with E-state index in [1.807, 2.05) is 32.9 Å². The van der Waals surface area contributed by atoms with Crippen molar-refractivity contribution in [3.63, 3.8) is 0 Å². The van der Waals surface area contributed by atoms with Gasteiger partial charge in [0.05, 0.1) is 13.1 Å². The van der Waals surface area contributed by atoms with Crippen LogP contribution in [0.2, 0.25) is 0 Å². The number of likely N-dealkylation sites (N-methyl/N-ethyl adjacent to an activating group) is 1. The molecule has 0 aliphatic rings. The number of nitrogens with zero attached hydrogens (tertiary/aromatic N) is 1. The predicted octanol–water partition coefficient (Wildman–Crippen LogP) is 3.40. The van der Waals surface area contributed by atoms with E-state index in [9.17, 15) is 18.4 Å². The maximum atomic E-state index is 13.2. The highest BCUT2D eigenvalue weighted by Gasteiger charge is 2.14. The van der Waals surface area contributed by atoms with E-state index in [1.165, 1.54) is 4.90 Å². The number of amides is 2. The lowest BCUT2D eigenvalue weighted by molar-refractivity contribution is -0.119. The van der Waals surface area contributed by atoms with Crippen LogP contribution in [0, 0.1) is 32.4 Å². The molecule has 0 atom stereocenters. The number of hydrogen-bond donors (Lipinski definition) is 2. The molecule has 2 N–H and O–H groups in total. The summed E-state index contributed by atoms with van der Waals surface area (Å²) in [6, 6.07) is 6.74. The summed E-state index contributed by atoms with van der Waals surface area (Å²) < 4.78 is 26.3. The number of carbonyl (C=O) groups is 2. The molecule has 0 aliphatic heterocycles. The van der Waals surface area contributed by atoms with Gasteiger partial charge in [-0.05, 0) is 51.1 Å². The molecule has 27 heavy (non-hydrogen) atoms. The van der Waals surface area contributed by atoms with Crippen molar-refractivity contribution in [2.24, 2.45) is 0 Å². The molecule has 0 fully saturated rings. The third-order valence-electron chi connectivity index (χ3n) is 3.91. The Morgan fingerprint density at radius 3 is 1.85 bits per heavy atom. The number of rotatable bonds is 6. The van der Waals surface area contributed by atoms with Gasteiger partial charge in [-0.15, -0.1) is 0 Å². The number of hydrogen-bond acceptors (Lipinski definition) is 3. The molecule has 0 saturated heterocycles. The van der Waals surface area contributed by atoms with E-state index in [-0.39, 0.29) is 24.7 Å². The third-order valence-corrected chi connectivity index (χ3v) is 3.91. The molecule has 0 heterocycles. The molecule has 7 heteroatoms. The lowest BCUT2D eigenvalue weighted by Crippen LogP contribution is -2.36. The summed E-state index contributed by atoms with van der Waals surface area (Å²) in [5, 5.41) is 5.27. The van der Waals surface area contributed by atoms with Crippen molar-refractivity contribution in [1.82, 2.24) is 4.90 Å². The molecule has 5 nitrogen and oxygen atoms in total. The summed E-state index contributed by atoms with van der Waals surface area (Å²) in [5.41, 5.74) is 3.84. The summed E-state index contributed by atoms with van der Waals surface area (Å²) in [7, 11) is 1.61. The van der Waals surface area contributed by atoms with Crippen LogP contribution in [-0.2, 0) is 9.59 Å². The van der Waals surface area contributed by atoms with Gasteiger partial charge >= 0.3 is 0 Å². The zero-order valence-corrected chi connectivity index (χ0v) is 15.8. The van der Waals surface area contributed by atoms with Crippen LogP contribution in [0.15, 0.2) is 30.3 Å². The van der Waals surface area contributed by atoms with Gasteiger partial charge in [0.2, 0.25) is 11.8 Å². The molecule has 0 aromatic heterocycles. The average molecular weight is 375 g/mol. The Labute approximate surface area is 157 Å². The number of nitrogens with one attached hydrogen (secondary N) is 2. The van der Waals surface area contributed by atoms with Crippen LogP contribution in [0.5, 0.6) is 0 Å². The van der Waals surface area contributed by atoms with Gasteiger partial charge in [-0.3, -0.25) is 14.5 Å². The van der Waals surface area contributed by atoms with E-state index in [2.05, 4.69) is 10.6 Å². The Morgan fingerprint density at radius 1 is 0.852 bits per heavy atom. The van der Waals surface area contributed by atoms with E-state index in [4.69, 9.17) is 0 Å². The first-order valence-corrected chi connectivity index (χ1v) is 8.46. The number of anilines is 2. The third kappa shape index (κ3) is 6.14. The highest BCUT2D eigenvalue weighted by molar-refractivity contribution is 5.95. The SMILES string of the molecule is Cc1cc(C)c(NC(=O)CN(C)CC(=O)Nc2cc(F)cc(F)c2)c(C)c1. The summed E-state index contributed by atoms with van der Waals surface area (Å²) >= 11 is 0. The van der Waals surface area contributed by atoms with E-state index in [1.54, 1.807) is 7.05 Å². The fourth-order valence-corrected chi connectivity index (χ4v) is 2.93. The Balaban J connectivity index is 1.90. The van der Waals surface area contributed by atoms with Gasteiger partial charge in [0, 0.05) is 17.4 Å². The van der Waals surface area contributed by atoms with Crippen LogP contribution in [-0.4, -0.2) is 36.9 Å². The standard InChI is InChI=1S/C20H23F2N3O2/c1-12-5-13(2)20(14(3)6-12)24-19(27)11-25(4)10-18(26)23-17-8-15(21)7-16(22)9-17/h5-9H,10-11H2,1-4H3,(H,23,26)(H,24,27). The van der Waals surface area contributed by atoms with E-state index in [0.29, 0.717) is 0 Å². The summed E-state index contributed by atoms with van der Waals surface area (Å²) in [6.07, 6.45) is 0. The molecule has 2 aromatic rings. The van der Waals surface area contributed by atoms with Crippen LogP contribution < -0.4 is 10.6 Å². The van der Waals surface area contributed by atoms with Crippen LogP contribution in [0.4, 0.5) is 20.2 Å². The number of benzene rings is 2. The van der Waals surface area contributed by atoms with Crippen molar-refractivity contribution in [2.75, 3.05) is 30.8 Å². The quantitative estimate of drug-likeness (QED) is 0.814. The first-order valence-electron chi connectivity index (χ1n) is 8.46. The fraction of sp³-hybridized carbons (Fsp3) is 0.300. The van der Waals surface area contributed by atoms with E-state index < -0.39 is 17.5 Å². The van der Waals surface area contributed by atoms with Crippen LogP contribution in [0.3, 0.4) is 0 Å². The minimum absolute atomic E-state index is 0.00229. The molecule has 0 radical (unpaired) electrons. The Morgan fingerprint density at radius 2 is 1.33 bits per heavy atom.